The normalized spacial score (nSPS) is 10.8. The van der Waals surface area contributed by atoms with Crippen molar-refractivity contribution >= 4 is 28.8 Å². The first-order valence-corrected chi connectivity index (χ1v) is 7.96. The molecule has 0 atom stereocenters. The quantitative estimate of drug-likeness (QED) is 0.530. The van der Waals surface area contributed by atoms with E-state index in [2.05, 4.69) is 10.5 Å². The minimum atomic E-state index is -0.535. The predicted octanol–water partition coefficient (Wildman–Crippen LogP) is 2.47. The smallest absolute Gasteiger partial charge is 0.271 e. The van der Waals surface area contributed by atoms with Crippen LogP contribution in [0, 0.1) is 0 Å². The molecule has 3 aromatic rings. The van der Waals surface area contributed by atoms with Gasteiger partial charge in [0.05, 0.1) is 6.21 Å². The molecule has 3 N–H and O–H groups in total. The molecule has 0 aliphatic heterocycles. The molecule has 0 bridgehead atoms. The van der Waals surface area contributed by atoms with E-state index >= 15 is 0 Å². The summed E-state index contributed by atoms with van der Waals surface area (Å²) in [7, 11) is 0. The van der Waals surface area contributed by atoms with Crippen molar-refractivity contribution in [2.75, 3.05) is 6.61 Å². The molecule has 0 unspecified atom stereocenters. The van der Waals surface area contributed by atoms with E-state index in [-0.39, 0.29) is 12.5 Å². The number of nitrogens with one attached hydrogen (secondary N) is 1. The number of amides is 2. The first kappa shape index (κ1) is 17.2. The van der Waals surface area contributed by atoms with E-state index in [4.69, 9.17) is 10.5 Å². The fourth-order valence-corrected chi connectivity index (χ4v) is 2.45. The summed E-state index contributed by atoms with van der Waals surface area (Å²) >= 11 is 0. The molecule has 0 saturated carbocycles. The molecule has 0 fully saturated rings. The molecule has 3 rings (SSSR count). The largest absolute Gasteiger partial charge is 0.484 e. The second-order valence-corrected chi connectivity index (χ2v) is 5.55. The standard InChI is InChI=1S/C20H17N3O3/c21-19(24)13-26-16-10-8-14(9-11-16)12-22-23-20(25)18-7-3-5-15-4-1-2-6-17(15)18/h1-12H,13H2,(H2,21,24)(H,23,25). The highest BCUT2D eigenvalue weighted by Crippen LogP contribution is 2.18. The highest BCUT2D eigenvalue weighted by Gasteiger charge is 2.08. The van der Waals surface area contributed by atoms with E-state index in [0.29, 0.717) is 11.3 Å². The molecular weight excluding hydrogens is 330 g/mol. The predicted molar refractivity (Wildman–Crippen MR) is 100 cm³/mol. The van der Waals surface area contributed by atoms with Gasteiger partial charge in [-0.1, -0.05) is 36.4 Å². The van der Waals surface area contributed by atoms with Gasteiger partial charge in [0.1, 0.15) is 5.75 Å². The lowest BCUT2D eigenvalue weighted by molar-refractivity contribution is -0.119. The van der Waals surface area contributed by atoms with Gasteiger partial charge in [-0.2, -0.15) is 5.10 Å². The van der Waals surface area contributed by atoms with Gasteiger partial charge in [-0.05, 0) is 46.7 Å². The van der Waals surface area contributed by atoms with Crippen molar-refractivity contribution in [3.8, 4) is 5.75 Å². The van der Waals surface area contributed by atoms with Gasteiger partial charge >= 0.3 is 0 Å². The summed E-state index contributed by atoms with van der Waals surface area (Å²) in [6, 6.07) is 20.1. The molecule has 3 aromatic carbocycles. The third kappa shape index (κ3) is 4.24. The van der Waals surface area contributed by atoms with Crippen molar-refractivity contribution in [1.82, 2.24) is 5.43 Å². The highest BCUT2D eigenvalue weighted by atomic mass is 16.5. The van der Waals surface area contributed by atoms with Crippen molar-refractivity contribution in [2.24, 2.45) is 10.8 Å². The number of ether oxygens (including phenoxy) is 1. The summed E-state index contributed by atoms with van der Waals surface area (Å²) in [4.78, 5) is 23.0. The molecule has 0 radical (unpaired) electrons. The third-order valence-electron chi connectivity index (χ3n) is 3.68. The summed E-state index contributed by atoms with van der Waals surface area (Å²) in [5.74, 6) is -0.285. The monoisotopic (exact) mass is 347 g/mol. The van der Waals surface area contributed by atoms with Crippen LogP contribution in [0.2, 0.25) is 0 Å². The lowest BCUT2D eigenvalue weighted by Gasteiger charge is -2.05. The number of hydrazone groups is 1. The molecule has 6 nitrogen and oxygen atoms in total. The molecule has 0 heterocycles. The van der Waals surface area contributed by atoms with Crippen molar-refractivity contribution < 1.29 is 14.3 Å². The Morgan fingerprint density at radius 2 is 1.73 bits per heavy atom. The van der Waals surface area contributed by atoms with Crippen molar-refractivity contribution in [2.45, 2.75) is 0 Å². The summed E-state index contributed by atoms with van der Waals surface area (Å²) in [6.07, 6.45) is 1.53. The second kappa shape index (κ2) is 7.94. The van der Waals surface area contributed by atoms with Gasteiger partial charge in [0.25, 0.3) is 11.8 Å². The number of carbonyl (C=O) groups is 2. The van der Waals surface area contributed by atoms with E-state index in [1.807, 2.05) is 36.4 Å². The lowest BCUT2D eigenvalue weighted by Crippen LogP contribution is -2.20. The maximum absolute atomic E-state index is 12.4. The first-order chi connectivity index (χ1) is 12.6. The van der Waals surface area contributed by atoms with Gasteiger partial charge in [0.2, 0.25) is 0 Å². The number of benzene rings is 3. The number of carbonyl (C=O) groups excluding carboxylic acids is 2. The zero-order valence-electron chi connectivity index (χ0n) is 13.9. The van der Waals surface area contributed by atoms with Gasteiger partial charge < -0.3 is 10.5 Å². The lowest BCUT2D eigenvalue weighted by atomic mass is 10.0. The van der Waals surface area contributed by atoms with Crippen LogP contribution in [0.5, 0.6) is 5.75 Å². The molecule has 0 aromatic heterocycles. The maximum atomic E-state index is 12.4. The summed E-state index contributed by atoms with van der Waals surface area (Å²) in [5, 5.41) is 5.86. The molecule has 2 amide bonds. The Hall–Kier alpha value is -3.67. The molecule has 0 spiro atoms. The zero-order chi connectivity index (χ0) is 18.4. The Morgan fingerprint density at radius 1 is 1.00 bits per heavy atom. The van der Waals surface area contributed by atoms with Crippen LogP contribution in [0.4, 0.5) is 0 Å². The van der Waals surface area contributed by atoms with Gasteiger partial charge in [-0.25, -0.2) is 5.43 Å². The molecule has 6 heteroatoms. The Morgan fingerprint density at radius 3 is 2.50 bits per heavy atom. The van der Waals surface area contributed by atoms with Crippen LogP contribution in [-0.4, -0.2) is 24.6 Å². The van der Waals surface area contributed by atoms with Gasteiger partial charge in [-0.15, -0.1) is 0 Å². The van der Waals surface area contributed by atoms with Crippen LogP contribution >= 0.6 is 0 Å². The average molecular weight is 347 g/mol. The molecule has 130 valence electrons. The molecule has 0 aliphatic carbocycles. The van der Waals surface area contributed by atoms with Gasteiger partial charge in [-0.3, -0.25) is 9.59 Å². The Balaban J connectivity index is 1.64. The van der Waals surface area contributed by atoms with Gasteiger partial charge in [0.15, 0.2) is 6.61 Å². The average Bonchev–Trinajstić information content (AvgIpc) is 2.66. The van der Waals surface area contributed by atoms with Crippen LogP contribution in [0.1, 0.15) is 15.9 Å². The summed E-state index contributed by atoms with van der Waals surface area (Å²) < 4.78 is 5.18. The fraction of sp³-hybridized carbons (Fsp3) is 0.0500. The second-order valence-electron chi connectivity index (χ2n) is 5.55. The minimum Gasteiger partial charge on any atom is -0.484 e. The number of rotatable bonds is 6. The van der Waals surface area contributed by atoms with Crippen molar-refractivity contribution in [3.63, 3.8) is 0 Å². The highest BCUT2D eigenvalue weighted by molar-refractivity contribution is 6.07. The topological polar surface area (TPSA) is 93.8 Å². The number of primary amides is 1. The van der Waals surface area contributed by atoms with Crippen molar-refractivity contribution in [1.29, 1.82) is 0 Å². The summed E-state index contributed by atoms with van der Waals surface area (Å²) in [6.45, 7) is -0.172. The number of fused-ring (bicyclic) bond motifs is 1. The first-order valence-electron chi connectivity index (χ1n) is 7.96. The number of nitrogens with zero attached hydrogens (tertiary/aromatic N) is 1. The molecule has 26 heavy (non-hydrogen) atoms. The van der Waals surface area contributed by atoms with E-state index in [9.17, 15) is 9.59 Å². The van der Waals surface area contributed by atoms with Crippen LogP contribution in [0.3, 0.4) is 0 Å². The van der Waals surface area contributed by atoms with Crippen LogP contribution in [-0.2, 0) is 4.79 Å². The third-order valence-corrected chi connectivity index (χ3v) is 3.68. The van der Waals surface area contributed by atoms with Crippen molar-refractivity contribution in [3.05, 3.63) is 77.9 Å². The summed E-state index contributed by atoms with van der Waals surface area (Å²) in [5.41, 5.74) is 8.89. The fourth-order valence-electron chi connectivity index (χ4n) is 2.45. The van der Waals surface area contributed by atoms with Crippen LogP contribution in [0.25, 0.3) is 10.8 Å². The Labute approximate surface area is 150 Å². The zero-order valence-corrected chi connectivity index (χ0v) is 13.9. The minimum absolute atomic E-state index is 0.172. The van der Waals surface area contributed by atoms with Crippen LogP contribution < -0.4 is 15.9 Å². The molecular formula is C20H17N3O3. The van der Waals surface area contributed by atoms with E-state index in [1.165, 1.54) is 6.21 Å². The number of hydrogen-bond acceptors (Lipinski definition) is 4. The Kier molecular flexibility index (Phi) is 5.24. The van der Waals surface area contributed by atoms with E-state index < -0.39 is 5.91 Å². The van der Waals surface area contributed by atoms with E-state index in [0.717, 1.165) is 16.3 Å². The van der Waals surface area contributed by atoms with Gasteiger partial charge in [0, 0.05) is 5.56 Å². The molecule has 0 saturated heterocycles. The maximum Gasteiger partial charge on any atom is 0.271 e. The number of nitrogens with two attached hydrogens (primary N) is 1. The van der Waals surface area contributed by atoms with Crippen LogP contribution in [0.15, 0.2) is 71.8 Å². The number of hydrogen-bond donors (Lipinski definition) is 2. The SMILES string of the molecule is NC(=O)COc1ccc(C=NNC(=O)c2cccc3ccccc23)cc1. The Bertz CT molecular complexity index is 960. The van der Waals surface area contributed by atoms with E-state index in [1.54, 1.807) is 30.3 Å². The molecule has 0 aliphatic rings.